The zero-order valence-corrected chi connectivity index (χ0v) is 16.2. The molecule has 6 heteroatoms. The van der Waals surface area contributed by atoms with Gasteiger partial charge in [0.1, 0.15) is 5.60 Å². The van der Waals surface area contributed by atoms with Crippen LogP contribution in [0.2, 0.25) is 0 Å². The van der Waals surface area contributed by atoms with Crippen LogP contribution in [0, 0.1) is 11.3 Å². The summed E-state index contributed by atoms with van der Waals surface area (Å²) in [6, 6.07) is -0.161. The van der Waals surface area contributed by atoms with Crippen LogP contribution in [-0.2, 0) is 12.6 Å². The summed E-state index contributed by atoms with van der Waals surface area (Å²) in [7, 11) is 1.79. The second-order valence-electron chi connectivity index (χ2n) is 8.39. The van der Waals surface area contributed by atoms with Gasteiger partial charge in [0, 0.05) is 24.8 Å². The van der Waals surface area contributed by atoms with Gasteiger partial charge in [0.15, 0.2) is 0 Å². The van der Waals surface area contributed by atoms with Gasteiger partial charge >= 0.3 is 6.03 Å². The largest absolute Gasteiger partial charge is 0.383 e. The Morgan fingerprint density at radius 2 is 1.92 bits per heavy atom. The van der Waals surface area contributed by atoms with Crippen molar-refractivity contribution < 1.29 is 9.90 Å². The third-order valence-electron chi connectivity index (χ3n) is 4.30. The van der Waals surface area contributed by atoms with Crippen LogP contribution < -0.4 is 10.6 Å². The van der Waals surface area contributed by atoms with Crippen LogP contribution in [0.4, 0.5) is 4.79 Å². The Morgan fingerprint density at radius 1 is 1.29 bits per heavy atom. The molecule has 1 rings (SSSR count). The summed E-state index contributed by atoms with van der Waals surface area (Å²) in [5.41, 5.74) is -0.490. The minimum absolute atomic E-state index is 0.0158. The second-order valence-corrected chi connectivity index (χ2v) is 8.39. The molecular weight excluding hydrogens is 304 g/mol. The van der Waals surface area contributed by atoms with Crippen molar-refractivity contribution in [2.45, 2.75) is 66.0 Å². The van der Waals surface area contributed by atoms with Gasteiger partial charge in [-0.25, -0.2) is 4.79 Å². The fourth-order valence-corrected chi connectivity index (χ4v) is 2.48. The van der Waals surface area contributed by atoms with E-state index >= 15 is 0 Å². The van der Waals surface area contributed by atoms with E-state index in [0.717, 1.165) is 12.8 Å². The number of nitrogens with one attached hydrogen (secondary N) is 2. The number of aliphatic hydroxyl groups is 1. The first kappa shape index (κ1) is 20.5. The summed E-state index contributed by atoms with van der Waals surface area (Å²) in [4.78, 5) is 12.3. The van der Waals surface area contributed by atoms with E-state index in [2.05, 4.69) is 50.4 Å². The first-order chi connectivity index (χ1) is 10.9. The van der Waals surface area contributed by atoms with Crippen molar-refractivity contribution in [3.05, 3.63) is 18.0 Å². The minimum atomic E-state index is -1.15. The molecular formula is C18H34N4O2. The molecule has 0 spiro atoms. The van der Waals surface area contributed by atoms with Gasteiger partial charge in [-0.05, 0) is 31.1 Å². The molecule has 2 atom stereocenters. The van der Waals surface area contributed by atoms with Gasteiger partial charge < -0.3 is 15.7 Å². The normalized spacial score (nSPS) is 15.9. The fraction of sp³-hybridized carbons (Fsp3) is 0.778. The molecule has 0 aliphatic heterocycles. The average Bonchev–Trinajstić information content (AvgIpc) is 2.87. The number of hydrogen-bond donors (Lipinski definition) is 3. The number of hydrogen-bond acceptors (Lipinski definition) is 3. The van der Waals surface area contributed by atoms with Crippen LogP contribution in [0.25, 0.3) is 0 Å². The molecule has 0 radical (unpaired) electrons. The van der Waals surface area contributed by atoms with Crippen molar-refractivity contribution in [1.82, 2.24) is 20.4 Å². The van der Waals surface area contributed by atoms with Crippen molar-refractivity contribution >= 4 is 6.03 Å². The monoisotopic (exact) mass is 338 g/mol. The highest BCUT2D eigenvalue weighted by molar-refractivity contribution is 5.74. The van der Waals surface area contributed by atoms with Gasteiger partial charge in [-0.2, -0.15) is 5.10 Å². The maximum atomic E-state index is 12.3. The molecule has 1 aromatic heterocycles. The Morgan fingerprint density at radius 3 is 2.38 bits per heavy atom. The molecule has 0 saturated carbocycles. The lowest BCUT2D eigenvalue weighted by atomic mass is 9.83. The number of nitrogens with zero attached hydrogens (tertiary/aromatic N) is 2. The van der Waals surface area contributed by atoms with Gasteiger partial charge in [0.2, 0.25) is 0 Å². The van der Waals surface area contributed by atoms with Crippen LogP contribution in [0.3, 0.4) is 0 Å². The molecule has 0 saturated heterocycles. The summed E-state index contributed by atoms with van der Waals surface area (Å²) in [6.45, 7) is 12.6. The third kappa shape index (κ3) is 6.51. The van der Waals surface area contributed by atoms with Crippen LogP contribution in [0.5, 0.6) is 0 Å². The molecule has 2 amide bonds. The van der Waals surface area contributed by atoms with Crippen LogP contribution in [0.1, 0.15) is 59.9 Å². The number of aromatic nitrogens is 2. The fourth-order valence-electron chi connectivity index (χ4n) is 2.48. The zero-order valence-electron chi connectivity index (χ0n) is 16.2. The van der Waals surface area contributed by atoms with Crippen molar-refractivity contribution in [2.24, 2.45) is 18.4 Å². The number of carbonyl (C=O) groups excluding carboxylic acids is 1. The van der Waals surface area contributed by atoms with E-state index in [9.17, 15) is 9.90 Å². The molecule has 1 heterocycles. The topological polar surface area (TPSA) is 79.2 Å². The number of amides is 2. The Kier molecular flexibility index (Phi) is 6.84. The molecule has 0 aliphatic rings. The lowest BCUT2D eigenvalue weighted by molar-refractivity contribution is 0.0589. The standard InChI is InChI=1S/C18H34N4O2/c1-13(2)8-9-15(17(3,4)5)21-16(23)19-12-18(6,24)14-10-20-22(7)11-14/h10-11,13,15,24H,8-9,12H2,1-7H3,(H2,19,21,23). The Bertz CT molecular complexity index is 529. The highest BCUT2D eigenvalue weighted by Gasteiger charge is 2.28. The molecule has 0 aliphatic carbocycles. The molecule has 24 heavy (non-hydrogen) atoms. The van der Waals surface area contributed by atoms with Gasteiger partial charge in [0.05, 0.1) is 12.7 Å². The first-order valence-electron chi connectivity index (χ1n) is 8.67. The Hall–Kier alpha value is -1.56. The van der Waals surface area contributed by atoms with E-state index in [4.69, 9.17) is 0 Å². The van der Waals surface area contributed by atoms with Gasteiger partial charge in [0.25, 0.3) is 0 Å². The number of urea groups is 1. The molecule has 0 bridgehead atoms. The summed E-state index contributed by atoms with van der Waals surface area (Å²) in [6.07, 6.45) is 5.36. The predicted molar refractivity (Wildman–Crippen MR) is 96.6 cm³/mol. The van der Waals surface area contributed by atoms with E-state index in [1.165, 1.54) is 0 Å². The predicted octanol–water partition coefficient (Wildman–Crippen LogP) is 2.78. The maximum Gasteiger partial charge on any atom is 0.315 e. The van der Waals surface area contributed by atoms with Crippen molar-refractivity contribution in [2.75, 3.05) is 6.54 Å². The van der Waals surface area contributed by atoms with E-state index < -0.39 is 5.60 Å². The van der Waals surface area contributed by atoms with Crippen LogP contribution in [-0.4, -0.2) is 33.5 Å². The van der Waals surface area contributed by atoms with Crippen molar-refractivity contribution in [1.29, 1.82) is 0 Å². The number of carbonyl (C=O) groups is 1. The smallest absolute Gasteiger partial charge is 0.315 e. The van der Waals surface area contributed by atoms with E-state index in [0.29, 0.717) is 11.5 Å². The van der Waals surface area contributed by atoms with Crippen molar-refractivity contribution in [3.8, 4) is 0 Å². The van der Waals surface area contributed by atoms with Gasteiger partial charge in [-0.15, -0.1) is 0 Å². The quantitative estimate of drug-likeness (QED) is 0.715. The molecule has 138 valence electrons. The molecule has 3 N–H and O–H groups in total. The molecule has 2 unspecified atom stereocenters. The first-order valence-corrected chi connectivity index (χ1v) is 8.67. The summed E-state index contributed by atoms with van der Waals surface area (Å²) in [5, 5.41) is 20.4. The molecule has 0 aromatic carbocycles. The molecule has 6 nitrogen and oxygen atoms in total. The molecule has 1 aromatic rings. The average molecular weight is 338 g/mol. The number of rotatable bonds is 7. The summed E-state index contributed by atoms with van der Waals surface area (Å²) >= 11 is 0. The third-order valence-corrected chi connectivity index (χ3v) is 4.30. The second kappa shape index (κ2) is 8.01. The SMILES string of the molecule is CC(C)CCC(NC(=O)NCC(C)(O)c1cnn(C)c1)C(C)(C)C. The molecule has 0 fully saturated rings. The minimum Gasteiger partial charge on any atom is -0.383 e. The highest BCUT2D eigenvalue weighted by atomic mass is 16.3. The van der Waals surface area contributed by atoms with E-state index in [1.807, 2.05) is 0 Å². The highest BCUT2D eigenvalue weighted by Crippen LogP contribution is 2.24. The maximum absolute atomic E-state index is 12.3. The van der Waals surface area contributed by atoms with Crippen LogP contribution >= 0.6 is 0 Å². The van der Waals surface area contributed by atoms with Gasteiger partial charge in [-0.1, -0.05) is 34.6 Å². The van der Waals surface area contributed by atoms with Crippen molar-refractivity contribution in [3.63, 3.8) is 0 Å². The zero-order chi connectivity index (χ0) is 18.5. The van der Waals surface area contributed by atoms with E-state index in [-0.39, 0.29) is 24.0 Å². The Balaban J connectivity index is 2.59. The van der Waals surface area contributed by atoms with Gasteiger partial charge in [-0.3, -0.25) is 4.68 Å². The summed E-state index contributed by atoms with van der Waals surface area (Å²) < 4.78 is 1.63. The van der Waals surface area contributed by atoms with E-state index in [1.54, 1.807) is 31.0 Å². The Labute approximate surface area is 146 Å². The number of aryl methyl sites for hydroxylation is 1. The lowest BCUT2D eigenvalue weighted by Crippen LogP contribution is -2.50. The lowest BCUT2D eigenvalue weighted by Gasteiger charge is -2.32. The van der Waals surface area contributed by atoms with Crippen LogP contribution in [0.15, 0.2) is 12.4 Å². The summed E-state index contributed by atoms with van der Waals surface area (Å²) in [5.74, 6) is 0.603.